The van der Waals surface area contributed by atoms with E-state index in [1.807, 2.05) is 36.5 Å². The molecule has 1 aliphatic heterocycles. The molecule has 1 saturated carbocycles. The molecule has 2 aromatic carbocycles. The number of benzene rings is 2. The summed E-state index contributed by atoms with van der Waals surface area (Å²) in [6.07, 6.45) is 15.0. The molecule has 8 heteroatoms. The Hall–Kier alpha value is -4.79. The molecule has 2 aliphatic rings. The quantitative estimate of drug-likeness (QED) is 0.195. The molecular weight excluding hydrogens is 520 g/mol. The summed E-state index contributed by atoms with van der Waals surface area (Å²) >= 11 is 0. The summed E-state index contributed by atoms with van der Waals surface area (Å²) in [5.41, 5.74) is 13.2. The number of anilines is 2. The van der Waals surface area contributed by atoms with Crippen LogP contribution in [0.15, 0.2) is 66.8 Å². The third kappa shape index (κ3) is 5.06. The molecule has 42 heavy (non-hydrogen) atoms. The van der Waals surface area contributed by atoms with Crippen LogP contribution in [0.1, 0.15) is 69.7 Å². The Morgan fingerprint density at radius 3 is 2.67 bits per heavy atom. The third-order valence-electron chi connectivity index (χ3n) is 8.26. The van der Waals surface area contributed by atoms with Crippen LogP contribution in [0.3, 0.4) is 0 Å². The van der Waals surface area contributed by atoms with E-state index in [1.165, 1.54) is 6.42 Å². The summed E-state index contributed by atoms with van der Waals surface area (Å²) < 4.78 is 0. The summed E-state index contributed by atoms with van der Waals surface area (Å²) in [6.45, 7) is 9.49. The molecule has 8 nitrogen and oxygen atoms in total. The maximum Gasteiger partial charge on any atom is 0.102 e. The van der Waals surface area contributed by atoms with E-state index in [-0.39, 0.29) is 17.0 Å². The molecule has 0 unspecified atom stereocenters. The van der Waals surface area contributed by atoms with Crippen LogP contribution in [-0.4, -0.2) is 27.1 Å². The number of rotatable bonds is 7. The highest BCUT2D eigenvalue weighted by Gasteiger charge is 2.39. The normalized spacial score (nSPS) is 16.6. The van der Waals surface area contributed by atoms with Gasteiger partial charge in [0.15, 0.2) is 0 Å². The Balaban J connectivity index is 1.48. The summed E-state index contributed by atoms with van der Waals surface area (Å²) in [7, 11) is 0. The highest BCUT2D eigenvalue weighted by Crippen LogP contribution is 2.40. The first kappa shape index (κ1) is 27.4. The van der Waals surface area contributed by atoms with Gasteiger partial charge in [-0.3, -0.25) is 15.0 Å². The molecule has 4 aromatic rings. The zero-order valence-corrected chi connectivity index (χ0v) is 24.5. The molecule has 0 bridgehead atoms. The van der Waals surface area contributed by atoms with Crippen LogP contribution in [0.2, 0.25) is 0 Å². The van der Waals surface area contributed by atoms with Gasteiger partial charge >= 0.3 is 0 Å². The van der Waals surface area contributed by atoms with Crippen LogP contribution in [0.5, 0.6) is 0 Å². The van der Waals surface area contributed by atoms with Crippen LogP contribution in [0.4, 0.5) is 11.4 Å². The van der Waals surface area contributed by atoms with Crippen molar-refractivity contribution in [1.29, 1.82) is 5.26 Å². The fourth-order valence-electron chi connectivity index (χ4n) is 5.69. The number of fused-ring (bicyclic) bond motifs is 2. The highest BCUT2D eigenvalue weighted by molar-refractivity contribution is 5.99. The van der Waals surface area contributed by atoms with E-state index in [0.29, 0.717) is 23.2 Å². The number of nitrogens with one attached hydrogen (secondary N) is 4. The van der Waals surface area contributed by atoms with Crippen LogP contribution < -0.4 is 21.6 Å². The molecule has 0 spiro atoms. The Morgan fingerprint density at radius 2 is 1.95 bits per heavy atom. The van der Waals surface area contributed by atoms with Crippen LogP contribution >= 0.6 is 0 Å². The van der Waals surface area contributed by atoms with Crippen molar-refractivity contribution in [3.63, 3.8) is 0 Å². The number of aromatic nitrogens is 2. The van der Waals surface area contributed by atoms with Gasteiger partial charge in [0.2, 0.25) is 0 Å². The van der Waals surface area contributed by atoms with Crippen molar-refractivity contribution in [1.82, 2.24) is 25.9 Å². The lowest BCUT2D eigenvalue weighted by atomic mass is 9.78. The smallest absolute Gasteiger partial charge is 0.102 e. The fraction of sp³-hybridized carbons (Fsp3) is 0.324. The average Bonchev–Trinajstić information content (AvgIpc) is 3.46. The average molecular weight is 557 g/mol. The number of nitrogens with zero attached hydrogens (tertiary/aromatic N) is 4. The van der Waals surface area contributed by atoms with Crippen LogP contribution in [0.25, 0.3) is 21.8 Å². The lowest BCUT2D eigenvalue weighted by Crippen LogP contribution is -2.55. The zero-order chi connectivity index (χ0) is 29.5. The third-order valence-corrected chi connectivity index (χ3v) is 8.26. The minimum absolute atomic E-state index is 0.0272. The molecule has 3 heterocycles. The summed E-state index contributed by atoms with van der Waals surface area (Å²) in [6, 6.07) is 16.2. The molecule has 1 aliphatic carbocycles. The van der Waals surface area contributed by atoms with Crippen molar-refractivity contribution in [2.45, 2.75) is 58.5 Å². The summed E-state index contributed by atoms with van der Waals surface area (Å²) in [4.78, 5) is 9.20. The topological polar surface area (TPSA) is 101 Å². The number of nitriles is 1. The molecule has 0 radical (unpaired) electrons. The van der Waals surface area contributed by atoms with E-state index >= 15 is 0 Å². The van der Waals surface area contributed by atoms with Gasteiger partial charge in [-0.05, 0) is 61.4 Å². The predicted octanol–water partition coefficient (Wildman–Crippen LogP) is 6.36. The number of terminal acetylenes is 1. The minimum Gasteiger partial charge on any atom is -0.383 e. The van der Waals surface area contributed by atoms with Gasteiger partial charge in [0.25, 0.3) is 0 Å². The van der Waals surface area contributed by atoms with E-state index < -0.39 is 0 Å². The molecule has 6 rings (SSSR count). The van der Waals surface area contributed by atoms with Gasteiger partial charge in [-0.2, -0.15) is 5.26 Å². The largest absolute Gasteiger partial charge is 0.383 e. The Bertz CT molecular complexity index is 1780. The standard InChI is InChI=1S/C34H36N8/c1-6-22-19-37-31-23(18-35)16-24(17-27(31)30(22)38-21-33(2,3)4)39-32(26-10-7-12-28-25(26)11-8-15-36-28)29-20-42(41-40-29)34(5)13-9-14-34/h1,7-8,10-12,15-17,19-20,32,39-41H,9,13-14,21H2,2-5H3,(H,37,38)/t32-/m0/s1. The molecular formula is C34H36N8. The maximum atomic E-state index is 10.2. The van der Waals surface area contributed by atoms with Crippen molar-refractivity contribution in [2.24, 2.45) is 5.41 Å². The molecule has 1 atom stereocenters. The van der Waals surface area contributed by atoms with Crippen molar-refractivity contribution < 1.29 is 0 Å². The number of hydrazine groups is 2. The van der Waals surface area contributed by atoms with Crippen molar-refractivity contribution in [3.05, 3.63) is 83.4 Å². The van der Waals surface area contributed by atoms with Crippen molar-refractivity contribution in [2.75, 3.05) is 17.2 Å². The number of pyridine rings is 2. The monoisotopic (exact) mass is 556 g/mol. The van der Waals surface area contributed by atoms with E-state index in [9.17, 15) is 5.26 Å². The first-order valence-corrected chi connectivity index (χ1v) is 14.4. The van der Waals surface area contributed by atoms with E-state index in [2.05, 4.69) is 94.6 Å². The second kappa shape index (κ2) is 10.6. The Labute approximate surface area is 247 Å². The zero-order valence-electron chi connectivity index (χ0n) is 24.5. The number of hydrogen-bond donors (Lipinski definition) is 4. The first-order valence-electron chi connectivity index (χ1n) is 14.4. The summed E-state index contributed by atoms with van der Waals surface area (Å²) in [5, 5.41) is 21.5. The number of hydrogen-bond acceptors (Lipinski definition) is 8. The van der Waals surface area contributed by atoms with Crippen LogP contribution in [-0.2, 0) is 0 Å². The molecule has 0 saturated heterocycles. The fourth-order valence-corrected chi connectivity index (χ4v) is 5.69. The maximum absolute atomic E-state index is 10.2. The van der Waals surface area contributed by atoms with Crippen molar-refractivity contribution in [3.8, 4) is 18.4 Å². The lowest BCUT2D eigenvalue weighted by Gasteiger charge is -2.45. The molecule has 4 N–H and O–H groups in total. The first-order chi connectivity index (χ1) is 20.2. The van der Waals surface area contributed by atoms with Gasteiger partial charge < -0.3 is 16.1 Å². The van der Waals surface area contributed by atoms with Gasteiger partial charge in [0.1, 0.15) is 6.07 Å². The molecule has 212 valence electrons. The molecule has 0 amide bonds. The van der Waals surface area contributed by atoms with Crippen molar-refractivity contribution >= 4 is 33.2 Å². The highest BCUT2D eigenvalue weighted by atomic mass is 15.7. The van der Waals surface area contributed by atoms with Gasteiger partial charge in [-0.1, -0.05) is 44.9 Å². The molecule has 1 fully saturated rings. The predicted molar refractivity (Wildman–Crippen MR) is 169 cm³/mol. The summed E-state index contributed by atoms with van der Waals surface area (Å²) in [5.74, 6) is 2.77. The SMILES string of the molecule is C#Cc1cnc2c(C#N)cc(N[C@H](C3=CN(C4(C)CCC4)NN3)c3cccc4ncccc34)cc2c1NCC(C)(C)C. The minimum atomic E-state index is -0.266. The van der Waals surface area contributed by atoms with Gasteiger partial charge in [0.05, 0.1) is 45.1 Å². The van der Waals surface area contributed by atoms with Gasteiger partial charge in [-0.25, -0.2) is 0 Å². The second-order valence-electron chi connectivity index (χ2n) is 12.7. The van der Waals surface area contributed by atoms with E-state index in [4.69, 9.17) is 6.42 Å². The second-order valence-corrected chi connectivity index (χ2v) is 12.7. The lowest BCUT2D eigenvalue weighted by molar-refractivity contribution is 0.0342. The van der Waals surface area contributed by atoms with Gasteiger partial charge in [-0.15, -0.1) is 12.0 Å². The molecule has 2 aromatic heterocycles. The van der Waals surface area contributed by atoms with Gasteiger partial charge in [0, 0.05) is 41.6 Å². The Morgan fingerprint density at radius 1 is 1.12 bits per heavy atom. The van der Waals surface area contributed by atoms with E-state index in [0.717, 1.165) is 51.8 Å². The Kier molecular flexibility index (Phi) is 6.88. The van der Waals surface area contributed by atoms with Crippen LogP contribution in [0, 0.1) is 29.1 Å². The van der Waals surface area contributed by atoms with E-state index in [1.54, 1.807) is 6.20 Å².